The van der Waals surface area contributed by atoms with E-state index in [-0.39, 0.29) is 23.9 Å². The molecule has 0 aromatic carbocycles. The van der Waals surface area contributed by atoms with E-state index in [4.69, 9.17) is 10.3 Å². The van der Waals surface area contributed by atoms with Crippen LogP contribution in [0.25, 0.3) is 0 Å². The molecule has 2 saturated heterocycles. The minimum Gasteiger partial charge on any atom is -0.361 e. The summed E-state index contributed by atoms with van der Waals surface area (Å²) in [5.74, 6) is 0.556. The molecule has 19 heavy (non-hydrogen) atoms. The number of hydrogen-bond donors (Lipinski definition) is 1. The van der Waals surface area contributed by atoms with Gasteiger partial charge in [0.1, 0.15) is 17.2 Å². The molecule has 0 spiro atoms. The predicted molar refractivity (Wildman–Crippen MR) is 69.7 cm³/mol. The molecule has 2 aliphatic rings. The van der Waals surface area contributed by atoms with Crippen LogP contribution in [0.5, 0.6) is 0 Å². The molecule has 0 aliphatic carbocycles. The van der Waals surface area contributed by atoms with E-state index >= 15 is 0 Å². The van der Waals surface area contributed by atoms with Gasteiger partial charge < -0.3 is 10.3 Å². The molecule has 3 heterocycles. The molecular weight excluding hydrogens is 266 g/mol. The summed E-state index contributed by atoms with van der Waals surface area (Å²) in [6, 6.07) is 1.96. The highest BCUT2D eigenvalue weighted by atomic mass is 32.2. The number of nitrogens with two attached hydrogens (primary N) is 1. The Morgan fingerprint density at radius 3 is 2.58 bits per heavy atom. The highest BCUT2D eigenvalue weighted by molar-refractivity contribution is 7.88. The van der Waals surface area contributed by atoms with Gasteiger partial charge in [0.25, 0.3) is 0 Å². The van der Waals surface area contributed by atoms with Crippen LogP contribution in [0.15, 0.2) is 10.6 Å². The first-order chi connectivity index (χ1) is 8.95. The molecule has 0 amide bonds. The molecule has 0 saturated carbocycles. The van der Waals surface area contributed by atoms with Crippen molar-refractivity contribution < 1.29 is 12.9 Å². The number of aromatic nitrogens is 1. The van der Waals surface area contributed by atoms with Crippen molar-refractivity contribution in [2.45, 2.75) is 56.5 Å². The Morgan fingerprint density at radius 1 is 1.42 bits per heavy atom. The smallest absolute Gasteiger partial charge is 0.220 e. The maximum absolute atomic E-state index is 12.5. The van der Waals surface area contributed by atoms with E-state index in [2.05, 4.69) is 5.16 Å². The summed E-state index contributed by atoms with van der Waals surface area (Å²) in [7, 11) is -3.33. The molecule has 6 nitrogen and oxygen atoms in total. The zero-order valence-corrected chi connectivity index (χ0v) is 11.8. The number of hydrogen-bond acceptors (Lipinski definition) is 5. The Labute approximate surface area is 113 Å². The topological polar surface area (TPSA) is 89.4 Å². The zero-order valence-electron chi connectivity index (χ0n) is 10.9. The van der Waals surface area contributed by atoms with Gasteiger partial charge in [-0.1, -0.05) is 5.16 Å². The first-order valence-electron chi connectivity index (χ1n) is 6.65. The third kappa shape index (κ3) is 2.42. The van der Waals surface area contributed by atoms with Crippen molar-refractivity contribution in [3.63, 3.8) is 0 Å². The Morgan fingerprint density at radius 2 is 2.05 bits per heavy atom. The van der Waals surface area contributed by atoms with Crippen LogP contribution in [0.1, 0.15) is 37.1 Å². The number of rotatable bonds is 3. The van der Waals surface area contributed by atoms with Gasteiger partial charge in [-0.05, 0) is 32.6 Å². The van der Waals surface area contributed by atoms with Gasteiger partial charge in [0, 0.05) is 24.2 Å². The second-order valence-corrected chi connectivity index (χ2v) is 7.51. The molecule has 0 radical (unpaired) electrons. The standard InChI is InChI=1S/C12H19N3O3S/c1-8-4-10(14-18-8)7-19(16,17)15-11-2-3-12(15)6-9(13)5-11/h4,9,11-12H,2-3,5-7,13H2,1H3. The van der Waals surface area contributed by atoms with Crippen LogP contribution < -0.4 is 5.73 Å². The average Bonchev–Trinajstić information content (AvgIpc) is 2.81. The van der Waals surface area contributed by atoms with Crippen LogP contribution in [-0.2, 0) is 15.8 Å². The maximum atomic E-state index is 12.5. The van der Waals surface area contributed by atoms with Crippen LogP contribution in [0.4, 0.5) is 0 Å². The summed E-state index contributed by atoms with van der Waals surface area (Å²) < 4.78 is 31.7. The van der Waals surface area contributed by atoms with Gasteiger partial charge in [-0.3, -0.25) is 0 Å². The lowest BCUT2D eigenvalue weighted by Crippen LogP contribution is -2.50. The third-order valence-electron chi connectivity index (χ3n) is 4.03. The summed E-state index contributed by atoms with van der Waals surface area (Å²) in [6.07, 6.45) is 3.39. The molecule has 106 valence electrons. The van der Waals surface area contributed by atoms with Gasteiger partial charge in [0.2, 0.25) is 10.0 Å². The predicted octanol–water partition coefficient (Wildman–Crippen LogP) is 0.767. The second-order valence-electron chi connectivity index (χ2n) is 5.63. The Kier molecular flexibility index (Phi) is 3.15. The molecule has 2 fully saturated rings. The molecule has 1 aromatic rings. The van der Waals surface area contributed by atoms with Crippen molar-refractivity contribution >= 4 is 10.0 Å². The minimum absolute atomic E-state index is 0.0757. The lowest BCUT2D eigenvalue weighted by molar-refractivity contribution is 0.227. The van der Waals surface area contributed by atoms with Crippen LogP contribution in [-0.4, -0.2) is 36.0 Å². The van der Waals surface area contributed by atoms with E-state index in [1.165, 1.54) is 0 Å². The zero-order chi connectivity index (χ0) is 13.6. The van der Waals surface area contributed by atoms with Gasteiger partial charge in [0.05, 0.1) is 0 Å². The molecule has 2 unspecified atom stereocenters. The van der Waals surface area contributed by atoms with Gasteiger partial charge in [-0.15, -0.1) is 0 Å². The van der Waals surface area contributed by atoms with E-state index < -0.39 is 10.0 Å². The summed E-state index contributed by atoms with van der Waals surface area (Å²) >= 11 is 0. The van der Waals surface area contributed by atoms with E-state index in [9.17, 15) is 8.42 Å². The number of piperidine rings is 1. The Hall–Kier alpha value is -0.920. The molecule has 2 bridgehead atoms. The van der Waals surface area contributed by atoms with Crippen molar-refractivity contribution in [3.05, 3.63) is 17.5 Å². The molecule has 7 heteroatoms. The van der Waals surface area contributed by atoms with Crippen LogP contribution in [0.2, 0.25) is 0 Å². The van der Waals surface area contributed by atoms with Crippen molar-refractivity contribution in [1.82, 2.24) is 9.46 Å². The average molecular weight is 285 g/mol. The fourth-order valence-corrected chi connectivity index (χ4v) is 5.33. The highest BCUT2D eigenvalue weighted by Gasteiger charge is 2.45. The van der Waals surface area contributed by atoms with Gasteiger partial charge in [-0.2, -0.15) is 4.31 Å². The van der Waals surface area contributed by atoms with E-state index in [0.717, 1.165) is 25.7 Å². The molecule has 2 aliphatic heterocycles. The second kappa shape index (κ2) is 4.57. The number of nitrogens with zero attached hydrogens (tertiary/aromatic N) is 2. The summed E-state index contributed by atoms with van der Waals surface area (Å²) in [5, 5.41) is 3.78. The van der Waals surface area contributed by atoms with Crippen molar-refractivity contribution in [3.8, 4) is 0 Å². The number of sulfonamides is 1. The van der Waals surface area contributed by atoms with Crippen LogP contribution in [0.3, 0.4) is 0 Å². The first kappa shape index (κ1) is 13.1. The summed E-state index contributed by atoms with van der Waals surface area (Å²) in [4.78, 5) is 0. The van der Waals surface area contributed by atoms with Crippen LogP contribution in [0, 0.1) is 6.92 Å². The first-order valence-corrected chi connectivity index (χ1v) is 8.25. The molecule has 2 N–H and O–H groups in total. The van der Waals surface area contributed by atoms with Crippen molar-refractivity contribution in [2.24, 2.45) is 5.73 Å². The Balaban J connectivity index is 1.81. The van der Waals surface area contributed by atoms with E-state index in [1.807, 2.05) is 0 Å². The van der Waals surface area contributed by atoms with E-state index in [0.29, 0.717) is 11.5 Å². The van der Waals surface area contributed by atoms with Gasteiger partial charge in [-0.25, -0.2) is 8.42 Å². The number of fused-ring (bicyclic) bond motifs is 2. The fourth-order valence-electron chi connectivity index (χ4n) is 3.38. The summed E-state index contributed by atoms with van der Waals surface area (Å²) in [6.45, 7) is 1.76. The summed E-state index contributed by atoms with van der Waals surface area (Å²) in [5.41, 5.74) is 6.45. The van der Waals surface area contributed by atoms with Crippen molar-refractivity contribution in [1.29, 1.82) is 0 Å². The molecule has 2 atom stereocenters. The molecule has 3 rings (SSSR count). The highest BCUT2D eigenvalue weighted by Crippen LogP contribution is 2.38. The Bertz CT molecular complexity index is 555. The normalized spacial score (nSPS) is 31.8. The lowest BCUT2D eigenvalue weighted by atomic mass is 10.0. The molecular formula is C12H19N3O3S. The SMILES string of the molecule is Cc1cc(CS(=O)(=O)N2C3CCC2CC(N)C3)no1. The maximum Gasteiger partial charge on any atom is 0.220 e. The van der Waals surface area contributed by atoms with Crippen molar-refractivity contribution in [2.75, 3.05) is 0 Å². The lowest BCUT2D eigenvalue weighted by Gasteiger charge is -2.36. The molecule has 1 aromatic heterocycles. The third-order valence-corrected chi connectivity index (χ3v) is 5.93. The van der Waals surface area contributed by atoms with Gasteiger partial charge in [0.15, 0.2) is 0 Å². The largest absolute Gasteiger partial charge is 0.361 e. The van der Waals surface area contributed by atoms with E-state index in [1.54, 1.807) is 17.3 Å². The van der Waals surface area contributed by atoms with Gasteiger partial charge >= 0.3 is 0 Å². The fraction of sp³-hybridized carbons (Fsp3) is 0.750. The van der Waals surface area contributed by atoms with Crippen LogP contribution >= 0.6 is 0 Å². The monoisotopic (exact) mass is 285 g/mol. The quantitative estimate of drug-likeness (QED) is 0.886. The minimum atomic E-state index is -3.33. The number of aryl methyl sites for hydroxylation is 1.